The third-order valence-electron chi connectivity index (χ3n) is 4.49. The van der Waals surface area contributed by atoms with E-state index in [1.165, 1.54) is 0 Å². The maximum atomic E-state index is 5.97. The highest BCUT2D eigenvalue weighted by molar-refractivity contribution is 7.99. The van der Waals surface area contributed by atoms with Gasteiger partial charge in [-0.1, -0.05) is 35.3 Å². The highest BCUT2D eigenvalue weighted by Gasteiger charge is 2.10. The van der Waals surface area contributed by atoms with Crippen LogP contribution < -0.4 is 22.9 Å². The Morgan fingerprint density at radius 1 is 0.733 bits per heavy atom. The number of hydrogen-bond acceptors (Lipinski definition) is 6. The van der Waals surface area contributed by atoms with Crippen molar-refractivity contribution in [1.82, 2.24) is 0 Å². The standard InChI is InChI=1S/C13H12Cl2N2.C9H14N2S2/c14-10-6-8(1-3-12(10)16)5-9-2-4-13(17)11(15)7-9;1-5-4-6(12-2)8(11)9(13-3)7(5)10/h1-4,6-7H,5,16-17H2;4H,10-11H2,1-3H3. The van der Waals surface area contributed by atoms with Gasteiger partial charge in [0.15, 0.2) is 0 Å². The lowest BCUT2D eigenvalue weighted by Gasteiger charge is -2.12. The highest BCUT2D eigenvalue weighted by atomic mass is 35.5. The quantitative estimate of drug-likeness (QED) is 0.256. The largest absolute Gasteiger partial charge is 0.398 e. The van der Waals surface area contributed by atoms with Crippen LogP contribution in [0.3, 0.4) is 0 Å². The van der Waals surface area contributed by atoms with Crippen LogP contribution in [0.15, 0.2) is 52.3 Å². The zero-order valence-electron chi connectivity index (χ0n) is 17.1. The molecule has 0 unspecified atom stereocenters. The third kappa shape index (κ3) is 6.08. The van der Waals surface area contributed by atoms with Crippen LogP contribution in [0.25, 0.3) is 0 Å². The fourth-order valence-corrected chi connectivity index (χ4v) is 4.57. The van der Waals surface area contributed by atoms with E-state index in [9.17, 15) is 0 Å². The van der Waals surface area contributed by atoms with E-state index in [-0.39, 0.29) is 0 Å². The molecule has 8 N–H and O–H groups in total. The summed E-state index contributed by atoms with van der Waals surface area (Å²) in [6.45, 7) is 2.01. The van der Waals surface area contributed by atoms with Crippen LogP contribution >= 0.6 is 46.7 Å². The number of halogens is 2. The minimum absolute atomic E-state index is 0.573. The Bertz CT molecular complexity index is 993. The van der Waals surface area contributed by atoms with Crippen LogP contribution in [0.2, 0.25) is 10.0 Å². The van der Waals surface area contributed by atoms with Gasteiger partial charge in [-0.2, -0.15) is 0 Å². The van der Waals surface area contributed by atoms with Gasteiger partial charge in [-0.05, 0) is 72.9 Å². The first-order chi connectivity index (χ1) is 14.2. The third-order valence-corrected chi connectivity index (χ3v) is 6.77. The lowest BCUT2D eigenvalue weighted by molar-refractivity contribution is 1.19. The molecule has 0 aromatic heterocycles. The Morgan fingerprint density at radius 2 is 1.23 bits per heavy atom. The Morgan fingerprint density at radius 3 is 1.63 bits per heavy atom. The number of nitrogens with two attached hydrogens (primary N) is 4. The molecular formula is C22H26Cl2N4S2. The van der Waals surface area contributed by atoms with Crippen molar-refractivity contribution in [2.75, 3.05) is 35.4 Å². The molecule has 0 aliphatic rings. The van der Waals surface area contributed by atoms with Crippen molar-refractivity contribution in [2.45, 2.75) is 23.1 Å². The molecule has 8 heteroatoms. The van der Waals surface area contributed by atoms with Crippen molar-refractivity contribution >= 4 is 69.5 Å². The van der Waals surface area contributed by atoms with Gasteiger partial charge in [-0.15, -0.1) is 23.5 Å². The van der Waals surface area contributed by atoms with Crippen molar-refractivity contribution in [1.29, 1.82) is 0 Å². The fourth-order valence-electron chi connectivity index (χ4n) is 2.77. The normalized spacial score (nSPS) is 10.4. The van der Waals surface area contributed by atoms with E-state index >= 15 is 0 Å². The first-order valence-corrected chi connectivity index (χ1v) is 12.2. The molecule has 3 rings (SSSR count). The van der Waals surface area contributed by atoms with Crippen LogP contribution in [0, 0.1) is 6.92 Å². The molecule has 30 heavy (non-hydrogen) atoms. The lowest BCUT2D eigenvalue weighted by Crippen LogP contribution is -1.99. The molecule has 3 aromatic carbocycles. The molecule has 0 bridgehead atoms. The maximum Gasteiger partial charge on any atom is 0.0638 e. The van der Waals surface area contributed by atoms with Gasteiger partial charge in [0.2, 0.25) is 0 Å². The van der Waals surface area contributed by atoms with Crippen molar-refractivity contribution < 1.29 is 0 Å². The van der Waals surface area contributed by atoms with E-state index < -0.39 is 0 Å². The van der Waals surface area contributed by atoms with E-state index in [1.54, 1.807) is 35.7 Å². The molecule has 0 heterocycles. The van der Waals surface area contributed by atoms with Gasteiger partial charge in [-0.3, -0.25) is 0 Å². The molecule has 0 amide bonds. The summed E-state index contributed by atoms with van der Waals surface area (Å²) in [6.07, 6.45) is 4.76. The predicted molar refractivity (Wildman–Crippen MR) is 138 cm³/mol. The molecule has 4 nitrogen and oxygen atoms in total. The molecule has 3 aromatic rings. The molecular weight excluding hydrogens is 455 g/mol. The molecule has 160 valence electrons. The number of hydrogen-bond donors (Lipinski definition) is 4. The average Bonchev–Trinajstić information content (AvgIpc) is 2.71. The summed E-state index contributed by atoms with van der Waals surface area (Å²) in [5.74, 6) is 0. The van der Waals surface area contributed by atoms with Gasteiger partial charge in [0.05, 0.1) is 37.7 Å². The molecule has 0 fully saturated rings. The topological polar surface area (TPSA) is 104 Å². The molecule has 0 aliphatic heterocycles. The van der Waals surface area contributed by atoms with E-state index in [1.807, 2.05) is 49.8 Å². The zero-order chi connectivity index (χ0) is 22.4. The van der Waals surface area contributed by atoms with Gasteiger partial charge in [0.25, 0.3) is 0 Å². The van der Waals surface area contributed by atoms with E-state index in [0.717, 1.165) is 44.3 Å². The summed E-state index contributed by atoms with van der Waals surface area (Å²) < 4.78 is 0. The number of aryl methyl sites for hydroxylation is 1. The Hall–Kier alpha value is -1.86. The molecule has 0 aliphatic carbocycles. The number of anilines is 4. The first-order valence-electron chi connectivity index (χ1n) is 9.02. The monoisotopic (exact) mass is 480 g/mol. The summed E-state index contributed by atoms with van der Waals surface area (Å²) in [6, 6.07) is 13.3. The SMILES string of the molecule is CSc1cc(C)c(N)c(SC)c1N.Nc1ccc(Cc2ccc(N)c(Cl)c2)cc1Cl. The van der Waals surface area contributed by atoms with Crippen molar-refractivity contribution in [3.63, 3.8) is 0 Å². The summed E-state index contributed by atoms with van der Waals surface area (Å²) in [5.41, 5.74) is 29.2. The van der Waals surface area contributed by atoms with Gasteiger partial charge in [0, 0.05) is 4.90 Å². The zero-order valence-corrected chi connectivity index (χ0v) is 20.3. The van der Waals surface area contributed by atoms with E-state index in [0.29, 0.717) is 21.4 Å². The van der Waals surface area contributed by atoms with Crippen LogP contribution in [0.4, 0.5) is 22.7 Å². The summed E-state index contributed by atoms with van der Waals surface area (Å²) in [4.78, 5) is 2.11. The number of rotatable bonds is 4. The predicted octanol–water partition coefficient (Wildman–Crippen LogP) is 6.35. The maximum absolute atomic E-state index is 5.97. The molecule has 0 saturated heterocycles. The first kappa shape index (κ1) is 24.4. The summed E-state index contributed by atoms with van der Waals surface area (Å²) in [5, 5.41) is 1.15. The lowest BCUT2D eigenvalue weighted by atomic mass is 10.0. The van der Waals surface area contributed by atoms with Crippen molar-refractivity contribution in [3.8, 4) is 0 Å². The van der Waals surface area contributed by atoms with Gasteiger partial charge in [0.1, 0.15) is 0 Å². The number of benzene rings is 3. The van der Waals surface area contributed by atoms with Crippen LogP contribution in [-0.2, 0) is 6.42 Å². The number of nitrogen functional groups attached to an aromatic ring is 4. The van der Waals surface area contributed by atoms with Gasteiger partial charge in [-0.25, -0.2) is 0 Å². The Kier molecular flexibility index (Phi) is 8.92. The van der Waals surface area contributed by atoms with Crippen molar-refractivity contribution in [2.24, 2.45) is 0 Å². The van der Waals surface area contributed by atoms with E-state index in [4.69, 9.17) is 46.1 Å². The second-order valence-corrected chi connectivity index (χ2v) is 9.12. The van der Waals surface area contributed by atoms with Crippen LogP contribution in [-0.4, -0.2) is 12.5 Å². The molecule has 0 spiro atoms. The second kappa shape index (κ2) is 11.0. The summed E-state index contributed by atoms with van der Waals surface area (Å²) in [7, 11) is 0. The fraction of sp³-hybridized carbons (Fsp3) is 0.182. The number of thioether (sulfide) groups is 2. The van der Waals surface area contributed by atoms with Gasteiger partial charge >= 0.3 is 0 Å². The van der Waals surface area contributed by atoms with E-state index in [2.05, 4.69) is 0 Å². The highest BCUT2D eigenvalue weighted by Crippen LogP contribution is 2.38. The minimum Gasteiger partial charge on any atom is -0.398 e. The molecule has 0 atom stereocenters. The van der Waals surface area contributed by atoms with Crippen LogP contribution in [0.1, 0.15) is 16.7 Å². The minimum atomic E-state index is 0.573. The summed E-state index contributed by atoms with van der Waals surface area (Å²) >= 11 is 15.2. The molecule has 0 radical (unpaired) electrons. The smallest absolute Gasteiger partial charge is 0.0638 e. The van der Waals surface area contributed by atoms with Crippen molar-refractivity contribution in [3.05, 3.63) is 69.2 Å². The average molecular weight is 482 g/mol. The Balaban J connectivity index is 0.000000222. The van der Waals surface area contributed by atoms with Crippen LogP contribution in [0.5, 0.6) is 0 Å². The Labute approximate surface area is 196 Å². The van der Waals surface area contributed by atoms with Gasteiger partial charge < -0.3 is 22.9 Å². The second-order valence-electron chi connectivity index (χ2n) is 6.64. The molecule has 0 saturated carbocycles.